The Morgan fingerprint density at radius 3 is 2.84 bits per heavy atom. The van der Waals surface area contributed by atoms with Gasteiger partial charge in [-0.25, -0.2) is 4.79 Å². The lowest BCUT2D eigenvalue weighted by atomic mass is 10.1. The summed E-state index contributed by atoms with van der Waals surface area (Å²) >= 11 is 0. The van der Waals surface area contributed by atoms with E-state index in [-0.39, 0.29) is 12.1 Å². The SMILES string of the molecule is CN(C)CCN(Cc1ccco1)C(=O)NC1CCc2c(O)cccc21. The zero-order valence-electron chi connectivity index (χ0n) is 14.7. The van der Waals surface area contributed by atoms with Crippen LogP contribution in [0.5, 0.6) is 5.75 Å². The van der Waals surface area contributed by atoms with Crippen LogP contribution in [0, 0.1) is 0 Å². The summed E-state index contributed by atoms with van der Waals surface area (Å²) in [6.07, 6.45) is 3.21. The van der Waals surface area contributed by atoms with Crippen molar-refractivity contribution in [3.8, 4) is 5.75 Å². The molecule has 0 saturated heterocycles. The van der Waals surface area contributed by atoms with Gasteiger partial charge in [-0.2, -0.15) is 0 Å². The summed E-state index contributed by atoms with van der Waals surface area (Å²) in [6, 6.07) is 9.03. The number of furan rings is 1. The molecule has 1 atom stereocenters. The molecule has 0 saturated carbocycles. The van der Waals surface area contributed by atoms with Crippen molar-refractivity contribution in [1.82, 2.24) is 15.1 Å². The number of benzene rings is 1. The molecule has 0 spiro atoms. The molecule has 1 unspecified atom stereocenters. The highest BCUT2D eigenvalue weighted by Crippen LogP contribution is 2.36. The normalized spacial score (nSPS) is 16.0. The largest absolute Gasteiger partial charge is 0.508 e. The van der Waals surface area contributed by atoms with Gasteiger partial charge >= 0.3 is 6.03 Å². The molecule has 2 amide bonds. The third-order valence-electron chi connectivity index (χ3n) is 4.57. The maximum atomic E-state index is 12.8. The van der Waals surface area contributed by atoms with Gasteiger partial charge in [-0.1, -0.05) is 12.1 Å². The van der Waals surface area contributed by atoms with E-state index >= 15 is 0 Å². The van der Waals surface area contributed by atoms with Gasteiger partial charge in [0.15, 0.2) is 0 Å². The monoisotopic (exact) mass is 343 g/mol. The Labute approximate surface area is 148 Å². The van der Waals surface area contributed by atoms with E-state index in [1.54, 1.807) is 17.2 Å². The Hall–Kier alpha value is -2.47. The number of likely N-dealkylation sites (N-methyl/N-ethyl adjacent to an activating group) is 1. The average Bonchev–Trinajstić information content (AvgIpc) is 3.22. The van der Waals surface area contributed by atoms with Crippen LogP contribution in [0.2, 0.25) is 0 Å². The summed E-state index contributed by atoms with van der Waals surface area (Å²) in [7, 11) is 3.97. The minimum atomic E-state index is -0.112. The fraction of sp³-hybridized carbons (Fsp3) is 0.421. The standard InChI is InChI=1S/C19H25N3O3/c1-21(2)10-11-22(13-14-5-4-12-25-14)19(24)20-17-9-8-16-15(17)6-3-7-18(16)23/h3-7,12,17,23H,8-11,13H2,1-2H3,(H,20,24). The number of carbonyl (C=O) groups is 1. The van der Waals surface area contributed by atoms with Gasteiger partial charge < -0.3 is 24.6 Å². The van der Waals surface area contributed by atoms with Crippen molar-refractivity contribution in [2.45, 2.75) is 25.4 Å². The van der Waals surface area contributed by atoms with E-state index in [1.165, 1.54) is 0 Å². The second kappa shape index (κ2) is 7.61. The van der Waals surface area contributed by atoms with Crippen molar-refractivity contribution in [3.05, 3.63) is 53.5 Å². The van der Waals surface area contributed by atoms with E-state index in [0.717, 1.165) is 36.3 Å². The van der Waals surface area contributed by atoms with Crippen LogP contribution in [-0.4, -0.2) is 48.1 Å². The Bertz CT molecular complexity index is 713. The van der Waals surface area contributed by atoms with Gasteiger partial charge in [0.25, 0.3) is 0 Å². The second-order valence-corrected chi connectivity index (χ2v) is 6.69. The van der Waals surface area contributed by atoms with E-state index in [4.69, 9.17) is 4.42 Å². The lowest BCUT2D eigenvalue weighted by molar-refractivity contribution is 0.180. The number of nitrogens with zero attached hydrogens (tertiary/aromatic N) is 2. The Morgan fingerprint density at radius 1 is 1.28 bits per heavy atom. The lowest BCUT2D eigenvalue weighted by Crippen LogP contribution is -2.43. The molecule has 1 aliphatic rings. The Morgan fingerprint density at radius 2 is 2.12 bits per heavy atom. The summed E-state index contributed by atoms with van der Waals surface area (Å²) < 4.78 is 5.39. The first kappa shape index (κ1) is 17.4. The number of nitrogens with one attached hydrogen (secondary N) is 1. The van der Waals surface area contributed by atoms with Crippen molar-refractivity contribution in [1.29, 1.82) is 0 Å². The molecule has 0 fully saturated rings. The number of phenols is 1. The molecular formula is C19H25N3O3. The van der Waals surface area contributed by atoms with Crippen LogP contribution in [0.3, 0.4) is 0 Å². The van der Waals surface area contributed by atoms with Crippen LogP contribution < -0.4 is 5.32 Å². The van der Waals surface area contributed by atoms with Crippen molar-refractivity contribution in [2.24, 2.45) is 0 Å². The van der Waals surface area contributed by atoms with Crippen LogP contribution in [0.25, 0.3) is 0 Å². The lowest BCUT2D eigenvalue weighted by Gasteiger charge is -2.26. The van der Waals surface area contributed by atoms with Crippen molar-refractivity contribution < 1.29 is 14.3 Å². The van der Waals surface area contributed by atoms with E-state index in [2.05, 4.69) is 5.32 Å². The molecule has 25 heavy (non-hydrogen) atoms. The molecule has 3 rings (SSSR count). The van der Waals surface area contributed by atoms with E-state index < -0.39 is 0 Å². The first-order chi connectivity index (χ1) is 12.0. The number of phenolic OH excluding ortho intramolecular Hbond substituents is 1. The fourth-order valence-corrected chi connectivity index (χ4v) is 3.19. The zero-order valence-corrected chi connectivity index (χ0v) is 14.7. The van der Waals surface area contributed by atoms with Gasteiger partial charge in [0.2, 0.25) is 0 Å². The van der Waals surface area contributed by atoms with Gasteiger partial charge in [-0.05, 0) is 56.3 Å². The van der Waals surface area contributed by atoms with Crippen molar-refractivity contribution in [3.63, 3.8) is 0 Å². The van der Waals surface area contributed by atoms with E-state index in [1.807, 2.05) is 43.3 Å². The minimum Gasteiger partial charge on any atom is -0.508 e. The summed E-state index contributed by atoms with van der Waals surface area (Å²) in [6.45, 7) is 1.82. The maximum absolute atomic E-state index is 12.8. The predicted molar refractivity (Wildman–Crippen MR) is 95.4 cm³/mol. The maximum Gasteiger partial charge on any atom is 0.318 e. The molecule has 134 valence electrons. The highest BCUT2D eigenvalue weighted by atomic mass is 16.3. The van der Waals surface area contributed by atoms with Crippen LogP contribution in [-0.2, 0) is 13.0 Å². The first-order valence-electron chi connectivity index (χ1n) is 8.58. The van der Waals surface area contributed by atoms with E-state index in [9.17, 15) is 9.90 Å². The van der Waals surface area contributed by atoms with Gasteiger partial charge in [-0.15, -0.1) is 0 Å². The zero-order chi connectivity index (χ0) is 17.8. The van der Waals surface area contributed by atoms with Crippen molar-refractivity contribution in [2.75, 3.05) is 27.2 Å². The predicted octanol–water partition coefficient (Wildman–Crippen LogP) is 2.75. The molecule has 0 aliphatic heterocycles. The molecule has 2 N–H and O–H groups in total. The topological polar surface area (TPSA) is 69.0 Å². The number of amides is 2. The van der Waals surface area contributed by atoms with Gasteiger partial charge in [0, 0.05) is 13.1 Å². The summed E-state index contributed by atoms with van der Waals surface area (Å²) in [5, 5.41) is 13.1. The summed E-state index contributed by atoms with van der Waals surface area (Å²) in [5.74, 6) is 1.08. The Kier molecular flexibility index (Phi) is 5.28. The minimum absolute atomic E-state index is 0.0620. The van der Waals surface area contributed by atoms with Crippen molar-refractivity contribution >= 4 is 6.03 Å². The first-order valence-corrected chi connectivity index (χ1v) is 8.58. The molecule has 1 aromatic carbocycles. The second-order valence-electron chi connectivity index (χ2n) is 6.69. The molecule has 6 heteroatoms. The quantitative estimate of drug-likeness (QED) is 0.846. The third-order valence-corrected chi connectivity index (χ3v) is 4.57. The molecule has 6 nitrogen and oxygen atoms in total. The summed E-state index contributed by atoms with van der Waals surface area (Å²) in [4.78, 5) is 16.6. The molecule has 1 aromatic heterocycles. The van der Waals surface area contributed by atoms with E-state index in [0.29, 0.717) is 18.8 Å². The molecule has 1 aliphatic carbocycles. The molecule has 2 aromatic rings. The van der Waals surface area contributed by atoms with Gasteiger partial charge in [0.05, 0.1) is 18.8 Å². The van der Waals surface area contributed by atoms with Crippen LogP contribution in [0.1, 0.15) is 29.3 Å². The highest BCUT2D eigenvalue weighted by Gasteiger charge is 2.27. The number of hydrogen-bond acceptors (Lipinski definition) is 4. The average molecular weight is 343 g/mol. The van der Waals surface area contributed by atoms with Gasteiger partial charge in [0.1, 0.15) is 11.5 Å². The smallest absolute Gasteiger partial charge is 0.318 e. The van der Waals surface area contributed by atoms with Crippen LogP contribution in [0.15, 0.2) is 41.0 Å². The number of fused-ring (bicyclic) bond motifs is 1. The number of urea groups is 1. The fourth-order valence-electron chi connectivity index (χ4n) is 3.19. The number of hydrogen-bond donors (Lipinski definition) is 2. The molecular weight excluding hydrogens is 318 g/mol. The number of carbonyl (C=O) groups excluding carboxylic acids is 1. The van der Waals surface area contributed by atoms with Crippen LogP contribution >= 0.6 is 0 Å². The van der Waals surface area contributed by atoms with Crippen LogP contribution in [0.4, 0.5) is 4.79 Å². The molecule has 0 bridgehead atoms. The number of aromatic hydroxyl groups is 1. The number of rotatable bonds is 6. The molecule has 0 radical (unpaired) electrons. The third kappa shape index (κ3) is 4.14. The highest BCUT2D eigenvalue weighted by molar-refractivity contribution is 5.75. The Balaban J connectivity index is 1.69. The molecule has 1 heterocycles. The van der Waals surface area contributed by atoms with Gasteiger partial charge in [-0.3, -0.25) is 0 Å². The summed E-state index contributed by atoms with van der Waals surface area (Å²) in [5.41, 5.74) is 1.96.